The predicted molar refractivity (Wildman–Crippen MR) is 125 cm³/mol. The molecule has 3 heterocycles. The van der Waals surface area contributed by atoms with E-state index in [4.69, 9.17) is 0 Å². The van der Waals surface area contributed by atoms with Gasteiger partial charge in [-0.3, -0.25) is 14.7 Å². The Hall–Kier alpha value is -4.05. The molecule has 4 rings (SSSR count). The maximum atomic E-state index is 13.2. The maximum absolute atomic E-state index is 13.2. The number of alkyl halides is 3. The van der Waals surface area contributed by atoms with Crippen LogP contribution in [0.4, 0.5) is 19.1 Å². The number of hydrogen-bond donors (Lipinski definition) is 1. The number of imidazole rings is 1. The molecule has 1 saturated heterocycles. The highest BCUT2D eigenvalue weighted by Crippen LogP contribution is 2.24. The first-order valence-electron chi connectivity index (χ1n) is 10.9. The van der Waals surface area contributed by atoms with Crippen LogP contribution in [-0.4, -0.2) is 56.7 Å². The van der Waals surface area contributed by atoms with Gasteiger partial charge in [0.1, 0.15) is 0 Å². The van der Waals surface area contributed by atoms with Gasteiger partial charge in [0.2, 0.25) is 5.95 Å². The van der Waals surface area contributed by atoms with Crippen LogP contribution in [0.25, 0.3) is 16.9 Å². The number of rotatable bonds is 3. The molecule has 0 amide bonds. The third-order valence-corrected chi connectivity index (χ3v) is 5.63. The van der Waals surface area contributed by atoms with E-state index >= 15 is 0 Å². The highest BCUT2D eigenvalue weighted by Gasteiger charge is 2.43. The number of carbonyl (C=O) groups is 1. The number of esters is 1. The molecular weight excluding hydrogens is 481 g/mol. The lowest BCUT2D eigenvalue weighted by molar-refractivity contribution is -0.206. The van der Waals surface area contributed by atoms with E-state index in [-0.39, 0.29) is 36.7 Å². The summed E-state index contributed by atoms with van der Waals surface area (Å²) in [4.78, 5) is 43.8. The lowest BCUT2D eigenvalue weighted by atomic mass is 10.1. The molecule has 1 aliphatic heterocycles. The zero-order chi connectivity index (χ0) is 26.4. The summed E-state index contributed by atoms with van der Waals surface area (Å²) in [6, 6.07) is 8.28. The Morgan fingerprint density at radius 1 is 1.19 bits per heavy atom. The molecule has 10 nitrogen and oxygen atoms in total. The zero-order valence-electron chi connectivity index (χ0n) is 19.9. The SMILES string of the molecule is CC#Cn1c(N2CCNC(OC(=O)C(F)(F)F)C2)nc2c1c(=O)n(C)c(=O)n2-c1cc(C)cc(C)c1. The maximum Gasteiger partial charge on any atom is 0.490 e. The number of nitrogens with one attached hydrogen (secondary N) is 1. The Morgan fingerprint density at radius 3 is 2.47 bits per heavy atom. The Labute approximate surface area is 202 Å². The molecule has 0 radical (unpaired) electrons. The van der Waals surface area contributed by atoms with Crippen LogP contribution in [0.15, 0.2) is 27.8 Å². The van der Waals surface area contributed by atoms with Gasteiger partial charge in [0.05, 0.1) is 12.2 Å². The van der Waals surface area contributed by atoms with Gasteiger partial charge in [0, 0.05) is 26.2 Å². The lowest BCUT2D eigenvalue weighted by Crippen LogP contribution is -2.54. The van der Waals surface area contributed by atoms with Crippen LogP contribution < -0.4 is 21.5 Å². The van der Waals surface area contributed by atoms with E-state index in [0.717, 1.165) is 15.7 Å². The monoisotopic (exact) mass is 504 g/mol. The van der Waals surface area contributed by atoms with Crippen LogP contribution in [0.3, 0.4) is 0 Å². The van der Waals surface area contributed by atoms with Crippen molar-refractivity contribution in [1.29, 1.82) is 0 Å². The van der Waals surface area contributed by atoms with Crippen molar-refractivity contribution in [3.63, 3.8) is 0 Å². The summed E-state index contributed by atoms with van der Waals surface area (Å²) in [6.45, 7) is 5.53. The molecule has 36 heavy (non-hydrogen) atoms. The van der Waals surface area contributed by atoms with Gasteiger partial charge in [0.25, 0.3) is 5.56 Å². The number of benzene rings is 1. The third kappa shape index (κ3) is 4.47. The largest absolute Gasteiger partial charge is 0.490 e. The van der Waals surface area contributed by atoms with Crippen LogP contribution >= 0.6 is 0 Å². The summed E-state index contributed by atoms with van der Waals surface area (Å²) in [5.74, 6) is 0.521. The highest BCUT2D eigenvalue weighted by atomic mass is 19.4. The average molecular weight is 504 g/mol. The molecule has 0 saturated carbocycles. The van der Waals surface area contributed by atoms with Gasteiger partial charge in [-0.05, 0) is 44.0 Å². The van der Waals surface area contributed by atoms with Crippen molar-refractivity contribution in [1.82, 2.24) is 24.0 Å². The second-order valence-corrected chi connectivity index (χ2v) is 8.40. The van der Waals surface area contributed by atoms with E-state index in [0.29, 0.717) is 5.69 Å². The molecule has 13 heteroatoms. The number of anilines is 1. The molecule has 0 aliphatic carbocycles. The highest BCUT2D eigenvalue weighted by molar-refractivity contribution is 5.78. The van der Waals surface area contributed by atoms with Crippen molar-refractivity contribution in [2.75, 3.05) is 24.5 Å². The number of fused-ring (bicyclic) bond motifs is 1. The molecule has 1 N–H and O–H groups in total. The molecule has 1 aromatic carbocycles. The van der Waals surface area contributed by atoms with Crippen molar-refractivity contribution in [2.45, 2.75) is 33.2 Å². The lowest BCUT2D eigenvalue weighted by Gasteiger charge is -2.33. The third-order valence-electron chi connectivity index (χ3n) is 5.63. The van der Waals surface area contributed by atoms with Gasteiger partial charge < -0.3 is 9.64 Å². The van der Waals surface area contributed by atoms with Gasteiger partial charge >= 0.3 is 17.8 Å². The first-order chi connectivity index (χ1) is 16.9. The van der Waals surface area contributed by atoms with E-state index in [2.05, 4.69) is 27.0 Å². The molecule has 1 fully saturated rings. The summed E-state index contributed by atoms with van der Waals surface area (Å²) in [5.41, 5.74) is 1.11. The van der Waals surface area contributed by atoms with Gasteiger partial charge in [0.15, 0.2) is 17.4 Å². The number of aromatic nitrogens is 4. The normalized spacial score (nSPS) is 16.1. The fourth-order valence-corrected chi connectivity index (χ4v) is 4.15. The van der Waals surface area contributed by atoms with Crippen molar-refractivity contribution in [2.24, 2.45) is 7.05 Å². The minimum absolute atomic E-state index is 0.0305. The quantitative estimate of drug-likeness (QED) is 0.422. The van der Waals surface area contributed by atoms with Crippen LogP contribution in [0.1, 0.15) is 18.1 Å². The van der Waals surface area contributed by atoms with Crippen LogP contribution in [-0.2, 0) is 16.6 Å². The number of piperazine rings is 1. The van der Waals surface area contributed by atoms with E-state index < -0.39 is 29.6 Å². The molecule has 1 aliphatic rings. The summed E-state index contributed by atoms with van der Waals surface area (Å²) in [6.07, 6.45) is -6.42. The molecule has 190 valence electrons. The Bertz CT molecular complexity index is 1520. The topological polar surface area (TPSA) is 103 Å². The molecule has 1 atom stereocenters. The Kier molecular flexibility index (Phi) is 6.40. The first-order valence-corrected chi connectivity index (χ1v) is 10.9. The van der Waals surface area contributed by atoms with Crippen molar-refractivity contribution in [3.8, 4) is 17.7 Å². The number of aryl methyl sites for hydroxylation is 2. The summed E-state index contributed by atoms with van der Waals surface area (Å²) in [5, 5.41) is 2.71. The summed E-state index contributed by atoms with van der Waals surface area (Å²) >= 11 is 0. The molecule has 3 aromatic rings. The molecule has 1 unspecified atom stereocenters. The van der Waals surface area contributed by atoms with Gasteiger partial charge in [-0.25, -0.2) is 18.7 Å². The Balaban J connectivity index is 1.91. The molecular formula is C23H23F3N6O4. The van der Waals surface area contributed by atoms with E-state index in [1.807, 2.05) is 19.9 Å². The fourth-order valence-electron chi connectivity index (χ4n) is 4.15. The van der Waals surface area contributed by atoms with Crippen molar-refractivity contribution < 1.29 is 22.7 Å². The Morgan fingerprint density at radius 2 is 1.86 bits per heavy atom. The van der Waals surface area contributed by atoms with E-state index in [9.17, 15) is 27.6 Å². The minimum atomic E-state index is -5.14. The number of carbonyl (C=O) groups excluding carboxylic acids is 1. The van der Waals surface area contributed by atoms with Crippen molar-refractivity contribution in [3.05, 3.63) is 50.2 Å². The van der Waals surface area contributed by atoms with Crippen molar-refractivity contribution >= 4 is 23.1 Å². The number of ether oxygens (including phenoxy) is 1. The van der Waals surface area contributed by atoms with Crippen LogP contribution in [0.2, 0.25) is 0 Å². The first kappa shape index (κ1) is 25.1. The number of nitrogens with zero attached hydrogens (tertiary/aromatic N) is 5. The minimum Gasteiger partial charge on any atom is -0.438 e. The van der Waals surface area contributed by atoms with Gasteiger partial charge in [-0.1, -0.05) is 12.0 Å². The molecule has 0 bridgehead atoms. The number of halogens is 3. The predicted octanol–water partition coefficient (Wildman–Crippen LogP) is 1.17. The number of hydrogen-bond acceptors (Lipinski definition) is 7. The molecule has 0 spiro atoms. The van der Waals surface area contributed by atoms with E-state index in [1.54, 1.807) is 24.0 Å². The van der Waals surface area contributed by atoms with Gasteiger partial charge in [-0.15, -0.1) is 0 Å². The average Bonchev–Trinajstić information content (AvgIpc) is 3.16. The van der Waals surface area contributed by atoms with Crippen LogP contribution in [0, 0.1) is 25.8 Å². The second kappa shape index (κ2) is 9.19. The fraction of sp³-hybridized carbons (Fsp3) is 0.391. The zero-order valence-corrected chi connectivity index (χ0v) is 19.9. The molecule has 2 aromatic heterocycles. The van der Waals surface area contributed by atoms with Crippen LogP contribution in [0.5, 0.6) is 0 Å². The summed E-state index contributed by atoms with van der Waals surface area (Å²) < 4.78 is 46.2. The van der Waals surface area contributed by atoms with Gasteiger partial charge in [-0.2, -0.15) is 18.2 Å². The second-order valence-electron chi connectivity index (χ2n) is 8.40. The smallest absolute Gasteiger partial charge is 0.438 e. The van der Waals surface area contributed by atoms with E-state index in [1.165, 1.54) is 16.2 Å². The summed E-state index contributed by atoms with van der Waals surface area (Å²) in [7, 11) is 1.34. The standard InChI is InChI=1S/C23H23F3N6O4/c1-5-7-31-17-18(28-21(31)30-8-6-27-16(12-30)36-20(34)23(24,25)26)32(22(35)29(4)19(17)33)15-10-13(2)9-14(3)11-15/h9-11,16,27H,6,8,12H2,1-4H3.